The summed E-state index contributed by atoms with van der Waals surface area (Å²) < 4.78 is 1.81. The van der Waals surface area contributed by atoms with E-state index in [2.05, 4.69) is 37.2 Å². The van der Waals surface area contributed by atoms with Crippen molar-refractivity contribution in [2.45, 2.75) is 38.6 Å². The summed E-state index contributed by atoms with van der Waals surface area (Å²) in [6.45, 7) is 3.94. The normalized spacial score (nSPS) is 16.0. The molecule has 1 amide bonds. The first kappa shape index (κ1) is 16.5. The largest absolute Gasteiger partial charge is 0.338 e. The van der Waals surface area contributed by atoms with Crippen LogP contribution in [-0.4, -0.2) is 22.3 Å². The highest BCUT2D eigenvalue weighted by Gasteiger charge is 2.51. The first-order chi connectivity index (χ1) is 9.41. The minimum absolute atomic E-state index is 0.0973. The number of hydrogen-bond donors (Lipinski definition) is 1. The molecule has 110 valence electrons. The summed E-state index contributed by atoms with van der Waals surface area (Å²) in [6, 6.07) is 0. The van der Waals surface area contributed by atoms with Gasteiger partial charge >= 0.3 is 0 Å². The number of carbonyl (C=O) groups is 2. The molecule has 1 fully saturated rings. The molecule has 1 saturated carbocycles. The summed E-state index contributed by atoms with van der Waals surface area (Å²) in [5, 5.41) is 3.03. The number of nitrogens with one attached hydrogen (secondary N) is 1. The molecular weight excluding hydrogens is 426 g/mol. The van der Waals surface area contributed by atoms with Gasteiger partial charge in [-0.15, -0.1) is 11.3 Å². The predicted molar refractivity (Wildman–Crippen MR) is 91.6 cm³/mol. The minimum Gasteiger partial charge on any atom is -0.338 e. The van der Waals surface area contributed by atoms with Crippen molar-refractivity contribution >= 4 is 66.0 Å². The van der Waals surface area contributed by atoms with Gasteiger partial charge in [0.1, 0.15) is 5.54 Å². The maximum Gasteiger partial charge on any atom is 0.262 e. The van der Waals surface area contributed by atoms with Gasteiger partial charge in [-0.1, -0.05) is 18.7 Å². The smallest absolute Gasteiger partial charge is 0.262 e. The first-order valence-electron chi connectivity index (χ1n) is 6.35. The standard InChI is InChI=1S/C13H15Br2NO2S2/c1-3-6-19-12(18)13(4-5-13)16-11(17)9-7(2)8(14)10(15)20-9/h3-6H2,1-2H3,(H,16,17). The number of halogens is 2. The van der Waals surface area contributed by atoms with E-state index in [-0.39, 0.29) is 11.0 Å². The molecule has 0 radical (unpaired) electrons. The molecule has 0 spiro atoms. The van der Waals surface area contributed by atoms with E-state index in [4.69, 9.17) is 0 Å². The average Bonchev–Trinajstić information content (AvgIpc) is 3.15. The Balaban J connectivity index is 2.08. The predicted octanol–water partition coefficient (Wildman–Crippen LogP) is 4.51. The SMILES string of the molecule is CCCSC(=O)C1(NC(=O)c2sc(Br)c(Br)c2C)CC1. The molecule has 7 heteroatoms. The van der Waals surface area contributed by atoms with Crippen molar-refractivity contribution in [2.75, 3.05) is 5.75 Å². The van der Waals surface area contributed by atoms with Gasteiger partial charge < -0.3 is 5.32 Å². The Hall–Kier alpha value is 0.150. The Kier molecular flexibility index (Phi) is 5.37. The van der Waals surface area contributed by atoms with E-state index in [1.807, 2.05) is 13.8 Å². The van der Waals surface area contributed by atoms with E-state index in [1.54, 1.807) is 0 Å². The number of rotatable bonds is 5. The van der Waals surface area contributed by atoms with Crippen LogP contribution in [0.25, 0.3) is 0 Å². The van der Waals surface area contributed by atoms with Gasteiger partial charge in [0.05, 0.1) is 8.66 Å². The Morgan fingerprint density at radius 1 is 1.40 bits per heavy atom. The lowest BCUT2D eigenvalue weighted by atomic mass is 10.2. The summed E-state index contributed by atoms with van der Waals surface area (Å²) in [7, 11) is 0. The Labute approximate surface area is 143 Å². The van der Waals surface area contributed by atoms with Crippen LogP contribution in [-0.2, 0) is 4.79 Å². The molecule has 0 aromatic carbocycles. The average molecular weight is 441 g/mol. The van der Waals surface area contributed by atoms with E-state index in [0.717, 1.165) is 38.8 Å². The number of thiophene rings is 1. The molecule has 0 aliphatic heterocycles. The van der Waals surface area contributed by atoms with Gasteiger partial charge in [-0.2, -0.15) is 0 Å². The molecule has 1 N–H and O–H groups in total. The molecule has 2 rings (SSSR count). The van der Waals surface area contributed by atoms with E-state index < -0.39 is 5.54 Å². The maximum atomic E-state index is 12.4. The van der Waals surface area contributed by atoms with E-state index in [0.29, 0.717) is 4.88 Å². The van der Waals surface area contributed by atoms with Crippen molar-refractivity contribution in [3.63, 3.8) is 0 Å². The second kappa shape index (κ2) is 6.50. The molecular formula is C13H15Br2NO2S2. The molecule has 3 nitrogen and oxygen atoms in total. The fourth-order valence-electron chi connectivity index (χ4n) is 1.79. The monoisotopic (exact) mass is 439 g/mol. The van der Waals surface area contributed by atoms with Gasteiger partial charge in [0.15, 0.2) is 0 Å². The molecule has 0 unspecified atom stereocenters. The molecule has 0 bridgehead atoms. The summed E-state index contributed by atoms with van der Waals surface area (Å²) in [5.74, 6) is 0.660. The highest BCUT2D eigenvalue weighted by Crippen LogP contribution is 2.42. The molecule has 20 heavy (non-hydrogen) atoms. The van der Waals surface area contributed by atoms with Crippen LogP contribution in [0.1, 0.15) is 41.4 Å². The molecule has 1 aliphatic rings. The van der Waals surface area contributed by atoms with Crippen molar-refractivity contribution in [3.8, 4) is 0 Å². The quantitative estimate of drug-likeness (QED) is 0.732. The molecule has 0 atom stereocenters. The molecule has 1 heterocycles. The molecule has 1 aliphatic carbocycles. The van der Waals surface area contributed by atoms with Crippen molar-refractivity contribution < 1.29 is 9.59 Å². The maximum absolute atomic E-state index is 12.4. The van der Waals surface area contributed by atoms with Crippen LogP contribution in [0.5, 0.6) is 0 Å². The number of amides is 1. The molecule has 0 saturated heterocycles. The summed E-state index contributed by atoms with van der Waals surface area (Å²) in [6.07, 6.45) is 2.46. The zero-order valence-electron chi connectivity index (χ0n) is 11.2. The van der Waals surface area contributed by atoms with Gasteiger partial charge in [-0.05, 0) is 63.6 Å². The fourth-order valence-corrected chi connectivity index (χ4v) is 4.88. The van der Waals surface area contributed by atoms with E-state index in [1.165, 1.54) is 23.1 Å². The third kappa shape index (κ3) is 3.31. The van der Waals surface area contributed by atoms with Gasteiger partial charge in [0.25, 0.3) is 5.91 Å². The third-order valence-corrected chi connectivity index (χ3v) is 8.18. The van der Waals surface area contributed by atoms with Crippen LogP contribution in [0.2, 0.25) is 0 Å². The first-order valence-corrected chi connectivity index (χ1v) is 9.74. The lowest BCUT2D eigenvalue weighted by molar-refractivity contribution is -0.113. The highest BCUT2D eigenvalue weighted by atomic mass is 79.9. The van der Waals surface area contributed by atoms with Crippen molar-refractivity contribution in [2.24, 2.45) is 0 Å². The second-order valence-electron chi connectivity index (χ2n) is 4.82. The Morgan fingerprint density at radius 3 is 2.50 bits per heavy atom. The Morgan fingerprint density at radius 2 is 2.05 bits per heavy atom. The number of carbonyl (C=O) groups excluding carboxylic acids is 2. The van der Waals surface area contributed by atoms with Crippen molar-refractivity contribution in [1.82, 2.24) is 5.32 Å². The number of thioether (sulfide) groups is 1. The van der Waals surface area contributed by atoms with E-state index in [9.17, 15) is 9.59 Å². The van der Waals surface area contributed by atoms with Crippen LogP contribution >= 0.6 is 55.0 Å². The van der Waals surface area contributed by atoms with Crippen molar-refractivity contribution in [1.29, 1.82) is 0 Å². The fraction of sp³-hybridized carbons (Fsp3) is 0.538. The van der Waals surface area contributed by atoms with Gasteiger partial charge in [0.2, 0.25) is 5.12 Å². The van der Waals surface area contributed by atoms with Gasteiger partial charge in [0, 0.05) is 10.2 Å². The summed E-state index contributed by atoms with van der Waals surface area (Å²) >= 11 is 9.57. The van der Waals surface area contributed by atoms with Crippen LogP contribution in [0, 0.1) is 6.92 Å². The molecule has 1 aromatic rings. The zero-order valence-corrected chi connectivity index (χ0v) is 16.0. The zero-order chi connectivity index (χ0) is 14.9. The highest BCUT2D eigenvalue weighted by molar-refractivity contribution is 9.13. The summed E-state index contributed by atoms with van der Waals surface area (Å²) in [4.78, 5) is 25.2. The summed E-state index contributed by atoms with van der Waals surface area (Å²) in [5.41, 5.74) is 0.288. The van der Waals surface area contributed by atoms with Crippen LogP contribution in [0.4, 0.5) is 0 Å². The lowest BCUT2D eigenvalue weighted by Crippen LogP contribution is -2.42. The minimum atomic E-state index is -0.619. The topological polar surface area (TPSA) is 46.2 Å². The second-order valence-corrected chi connectivity index (χ2v) is 9.02. The lowest BCUT2D eigenvalue weighted by Gasteiger charge is -2.15. The number of hydrogen-bond acceptors (Lipinski definition) is 4. The van der Waals surface area contributed by atoms with Crippen LogP contribution < -0.4 is 5.32 Å². The van der Waals surface area contributed by atoms with E-state index >= 15 is 0 Å². The van der Waals surface area contributed by atoms with Crippen LogP contribution in [0.15, 0.2) is 8.26 Å². The third-order valence-electron chi connectivity index (χ3n) is 3.17. The Bertz CT molecular complexity index is 553. The van der Waals surface area contributed by atoms with Crippen molar-refractivity contribution in [3.05, 3.63) is 18.7 Å². The van der Waals surface area contributed by atoms with Crippen LogP contribution in [0.3, 0.4) is 0 Å². The van der Waals surface area contributed by atoms with Gasteiger partial charge in [-0.25, -0.2) is 0 Å². The van der Waals surface area contributed by atoms with Gasteiger partial charge in [-0.3, -0.25) is 9.59 Å². The molecule has 1 aromatic heterocycles.